The molecule has 1 rings (SSSR count). The van der Waals surface area contributed by atoms with Crippen LogP contribution in [0.15, 0.2) is 23.1 Å². The van der Waals surface area contributed by atoms with Crippen LogP contribution >= 0.6 is 11.8 Å². The van der Waals surface area contributed by atoms with E-state index in [0.717, 1.165) is 17.3 Å². The second kappa shape index (κ2) is 5.78. The minimum absolute atomic E-state index is 0.636. The van der Waals surface area contributed by atoms with Crippen molar-refractivity contribution in [3.63, 3.8) is 0 Å². The SMILES string of the molecule is CCOCSc1ccc(N)cc1OC. The lowest BCUT2D eigenvalue weighted by Gasteiger charge is -2.08. The Bertz CT molecular complexity index is 291. The molecule has 0 saturated heterocycles. The first-order valence-corrected chi connectivity index (χ1v) is 5.40. The highest BCUT2D eigenvalue weighted by Gasteiger charge is 2.03. The van der Waals surface area contributed by atoms with Gasteiger partial charge >= 0.3 is 0 Å². The van der Waals surface area contributed by atoms with Crippen molar-refractivity contribution in [2.75, 3.05) is 25.4 Å². The van der Waals surface area contributed by atoms with Gasteiger partial charge in [0.1, 0.15) is 5.75 Å². The van der Waals surface area contributed by atoms with Crippen LogP contribution in [0.5, 0.6) is 5.75 Å². The van der Waals surface area contributed by atoms with Crippen LogP contribution in [0.1, 0.15) is 6.92 Å². The van der Waals surface area contributed by atoms with E-state index in [9.17, 15) is 0 Å². The van der Waals surface area contributed by atoms with E-state index in [2.05, 4.69) is 0 Å². The number of ether oxygens (including phenoxy) is 2. The van der Waals surface area contributed by atoms with Crippen molar-refractivity contribution in [3.8, 4) is 5.75 Å². The number of methoxy groups -OCH3 is 1. The molecule has 1 aromatic rings. The number of rotatable bonds is 5. The molecule has 1 aromatic carbocycles. The predicted molar refractivity (Wildman–Crippen MR) is 59.8 cm³/mol. The molecule has 0 heterocycles. The zero-order valence-electron chi connectivity index (χ0n) is 8.45. The summed E-state index contributed by atoms with van der Waals surface area (Å²) in [6.45, 7) is 2.70. The van der Waals surface area contributed by atoms with Gasteiger partial charge in [0.15, 0.2) is 0 Å². The summed E-state index contributed by atoms with van der Waals surface area (Å²) in [4.78, 5) is 1.05. The second-order valence-corrected chi connectivity index (χ2v) is 3.63. The van der Waals surface area contributed by atoms with E-state index >= 15 is 0 Å². The summed E-state index contributed by atoms with van der Waals surface area (Å²) in [6.07, 6.45) is 0. The molecule has 0 radical (unpaired) electrons. The Morgan fingerprint density at radius 1 is 1.43 bits per heavy atom. The van der Waals surface area contributed by atoms with Gasteiger partial charge in [-0.05, 0) is 19.1 Å². The van der Waals surface area contributed by atoms with Gasteiger partial charge in [-0.25, -0.2) is 0 Å². The summed E-state index contributed by atoms with van der Waals surface area (Å²) in [7, 11) is 1.64. The van der Waals surface area contributed by atoms with Crippen LogP contribution in [-0.2, 0) is 4.74 Å². The van der Waals surface area contributed by atoms with Crippen LogP contribution in [0.25, 0.3) is 0 Å². The first-order chi connectivity index (χ1) is 6.77. The lowest BCUT2D eigenvalue weighted by atomic mass is 10.3. The molecular formula is C10H15NO2S. The molecule has 4 heteroatoms. The fraction of sp³-hybridized carbons (Fsp3) is 0.400. The Kier molecular flexibility index (Phi) is 4.62. The lowest BCUT2D eigenvalue weighted by Crippen LogP contribution is -1.92. The predicted octanol–water partition coefficient (Wildman–Crippen LogP) is 2.36. The van der Waals surface area contributed by atoms with Crippen LogP contribution < -0.4 is 10.5 Å². The molecule has 0 amide bonds. The van der Waals surface area contributed by atoms with Gasteiger partial charge in [0.2, 0.25) is 0 Å². The van der Waals surface area contributed by atoms with Crippen LogP contribution in [0.2, 0.25) is 0 Å². The quantitative estimate of drug-likeness (QED) is 0.353. The van der Waals surface area contributed by atoms with Crippen LogP contribution in [0.3, 0.4) is 0 Å². The molecule has 0 aliphatic carbocycles. The van der Waals surface area contributed by atoms with Crippen LogP contribution in [0, 0.1) is 0 Å². The van der Waals surface area contributed by atoms with E-state index in [0.29, 0.717) is 11.6 Å². The molecular weight excluding hydrogens is 198 g/mol. The molecule has 0 saturated carbocycles. The van der Waals surface area contributed by atoms with Crippen molar-refractivity contribution in [2.24, 2.45) is 0 Å². The number of hydrogen-bond donors (Lipinski definition) is 1. The van der Waals surface area contributed by atoms with Gasteiger partial charge in [0.25, 0.3) is 0 Å². The number of hydrogen-bond acceptors (Lipinski definition) is 4. The third kappa shape index (κ3) is 3.12. The summed E-state index contributed by atoms with van der Waals surface area (Å²) in [5, 5.41) is 0. The van der Waals surface area contributed by atoms with Crippen LogP contribution in [-0.4, -0.2) is 19.7 Å². The molecule has 2 N–H and O–H groups in total. The molecule has 0 aliphatic rings. The average Bonchev–Trinajstić information content (AvgIpc) is 2.20. The molecule has 0 aliphatic heterocycles. The number of thioether (sulfide) groups is 1. The van der Waals surface area contributed by atoms with Crippen molar-refractivity contribution in [2.45, 2.75) is 11.8 Å². The third-order valence-electron chi connectivity index (χ3n) is 1.69. The number of benzene rings is 1. The normalized spacial score (nSPS) is 10.1. The van der Waals surface area contributed by atoms with E-state index in [4.69, 9.17) is 15.2 Å². The fourth-order valence-electron chi connectivity index (χ4n) is 0.992. The highest BCUT2D eigenvalue weighted by Crippen LogP contribution is 2.30. The maximum absolute atomic E-state index is 5.64. The lowest BCUT2D eigenvalue weighted by molar-refractivity contribution is 0.199. The van der Waals surface area contributed by atoms with Crippen molar-refractivity contribution in [1.82, 2.24) is 0 Å². The molecule has 3 nitrogen and oxygen atoms in total. The number of anilines is 1. The summed E-state index contributed by atoms with van der Waals surface area (Å²) in [5.74, 6) is 1.44. The van der Waals surface area contributed by atoms with Gasteiger partial charge < -0.3 is 15.2 Å². The van der Waals surface area contributed by atoms with Crippen molar-refractivity contribution in [1.29, 1.82) is 0 Å². The number of nitrogen functional groups attached to an aromatic ring is 1. The summed E-state index contributed by atoms with van der Waals surface area (Å²) < 4.78 is 10.4. The van der Waals surface area contributed by atoms with Gasteiger partial charge in [-0.1, -0.05) is 11.8 Å². The highest BCUT2D eigenvalue weighted by molar-refractivity contribution is 7.99. The Balaban J connectivity index is 2.65. The first-order valence-electron chi connectivity index (χ1n) is 4.42. The minimum Gasteiger partial charge on any atom is -0.496 e. The zero-order chi connectivity index (χ0) is 10.4. The maximum atomic E-state index is 5.64. The first kappa shape index (κ1) is 11.2. The minimum atomic E-state index is 0.636. The number of nitrogens with two attached hydrogens (primary N) is 1. The van der Waals surface area contributed by atoms with Gasteiger partial charge in [-0.2, -0.15) is 0 Å². The van der Waals surface area contributed by atoms with E-state index in [1.54, 1.807) is 18.9 Å². The van der Waals surface area contributed by atoms with E-state index in [1.165, 1.54) is 0 Å². The van der Waals surface area contributed by atoms with Gasteiger partial charge in [-0.3, -0.25) is 0 Å². The Morgan fingerprint density at radius 3 is 2.86 bits per heavy atom. The second-order valence-electron chi connectivity index (χ2n) is 2.67. The summed E-state index contributed by atoms with van der Waals surface area (Å²) in [5.41, 5.74) is 6.35. The molecule has 0 fully saturated rings. The molecule has 0 bridgehead atoms. The van der Waals surface area contributed by atoms with Gasteiger partial charge in [0.05, 0.1) is 17.9 Å². The standard InChI is InChI=1S/C10H15NO2S/c1-3-13-7-14-10-5-4-8(11)6-9(10)12-2/h4-6H,3,7,11H2,1-2H3. The van der Waals surface area contributed by atoms with Crippen molar-refractivity contribution in [3.05, 3.63) is 18.2 Å². The highest BCUT2D eigenvalue weighted by atomic mass is 32.2. The molecule has 0 unspecified atom stereocenters. The maximum Gasteiger partial charge on any atom is 0.134 e. The third-order valence-corrected chi connectivity index (χ3v) is 2.62. The largest absolute Gasteiger partial charge is 0.496 e. The van der Waals surface area contributed by atoms with E-state index in [1.807, 2.05) is 25.1 Å². The smallest absolute Gasteiger partial charge is 0.134 e. The zero-order valence-corrected chi connectivity index (χ0v) is 9.26. The average molecular weight is 213 g/mol. The summed E-state index contributed by atoms with van der Waals surface area (Å²) in [6, 6.07) is 5.61. The molecule has 0 aromatic heterocycles. The summed E-state index contributed by atoms with van der Waals surface area (Å²) >= 11 is 1.60. The van der Waals surface area contributed by atoms with Crippen molar-refractivity contribution < 1.29 is 9.47 Å². The van der Waals surface area contributed by atoms with Crippen molar-refractivity contribution >= 4 is 17.4 Å². The Labute approximate surface area is 88.6 Å². The van der Waals surface area contributed by atoms with E-state index < -0.39 is 0 Å². The van der Waals surface area contributed by atoms with Crippen LogP contribution in [0.4, 0.5) is 5.69 Å². The molecule has 14 heavy (non-hydrogen) atoms. The monoisotopic (exact) mass is 213 g/mol. The molecule has 78 valence electrons. The van der Waals surface area contributed by atoms with Gasteiger partial charge in [-0.15, -0.1) is 0 Å². The van der Waals surface area contributed by atoms with E-state index in [-0.39, 0.29) is 0 Å². The fourth-order valence-corrected chi connectivity index (χ4v) is 1.82. The molecule has 0 atom stereocenters. The molecule has 0 spiro atoms. The topological polar surface area (TPSA) is 44.5 Å². The Hall–Kier alpha value is -0.870. The van der Waals surface area contributed by atoms with Gasteiger partial charge in [0, 0.05) is 18.4 Å². The Morgan fingerprint density at radius 2 is 2.21 bits per heavy atom.